The van der Waals surface area contributed by atoms with Crippen LogP contribution in [0.4, 0.5) is 0 Å². The zero-order valence-corrected chi connectivity index (χ0v) is 16.1. The summed E-state index contributed by atoms with van der Waals surface area (Å²) in [5.41, 5.74) is 0. The number of nitrogens with zero attached hydrogens (tertiary/aromatic N) is 2. The van der Waals surface area contributed by atoms with E-state index in [2.05, 4.69) is 52.4 Å². The molecule has 0 radical (unpaired) electrons. The highest BCUT2D eigenvalue weighted by molar-refractivity contribution is 5.77. The second kappa shape index (κ2) is 10.6. The maximum atomic E-state index is 11.9. The van der Waals surface area contributed by atoms with Gasteiger partial charge in [0.25, 0.3) is 11.8 Å². The maximum absolute atomic E-state index is 11.9. The average Bonchev–Trinajstić information content (AvgIpc) is 2.54. The van der Waals surface area contributed by atoms with Gasteiger partial charge in [0.05, 0.1) is 40.3 Å². The molecule has 0 aromatic rings. The second-order valence-corrected chi connectivity index (χ2v) is 6.87. The molecule has 6 heteroatoms. The normalized spacial score (nSPS) is 12.1. The van der Waals surface area contributed by atoms with E-state index >= 15 is 0 Å². The fourth-order valence-corrected chi connectivity index (χ4v) is 2.24. The van der Waals surface area contributed by atoms with Gasteiger partial charge in [-0.25, -0.2) is 0 Å². The molecule has 0 aliphatic heterocycles. The number of hydrogen-bond donors (Lipinski definition) is 2. The molecule has 0 spiro atoms. The van der Waals surface area contributed by atoms with Crippen molar-refractivity contribution >= 4 is 11.8 Å². The minimum atomic E-state index is 0.0868. The molecule has 136 valence electrons. The summed E-state index contributed by atoms with van der Waals surface area (Å²) in [5.74, 6) is 0.174. The highest BCUT2D eigenvalue weighted by Crippen LogP contribution is 2.00. The van der Waals surface area contributed by atoms with E-state index in [1.54, 1.807) is 0 Å². The first kappa shape index (κ1) is 21.9. The molecule has 0 aromatic carbocycles. The minimum absolute atomic E-state index is 0.0868. The summed E-state index contributed by atoms with van der Waals surface area (Å²) in [6, 6.07) is 0. The lowest BCUT2D eigenvalue weighted by Crippen LogP contribution is -2.51. The summed E-state index contributed by atoms with van der Waals surface area (Å²) < 4.78 is 1.51. The van der Waals surface area contributed by atoms with Gasteiger partial charge >= 0.3 is 0 Å². The lowest BCUT2D eigenvalue weighted by atomic mass is 10.3. The van der Waals surface area contributed by atoms with Crippen LogP contribution in [-0.4, -0.2) is 87.2 Å². The predicted molar refractivity (Wildman–Crippen MR) is 94.9 cm³/mol. The van der Waals surface area contributed by atoms with Crippen LogP contribution in [0.5, 0.6) is 0 Å². The fraction of sp³-hybridized carbons (Fsp3) is 0.882. The molecule has 0 saturated carbocycles. The van der Waals surface area contributed by atoms with Crippen molar-refractivity contribution in [2.75, 3.05) is 66.5 Å². The molecule has 0 unspecified atom stereocenters. The predicted octanol–water partition coefficient (Wildman–Crippen LogP) is 0.582. The molecule has 0 aromatic heterocycles. The van der Waals surface area contributed by atoms with Crippen LogP contribution in [0.1, 0.15) is 34.1 Å². The Morgan fingerprint density at radius 1 is 0.696 bits per heavy atom. The van der Waals surface area contributed by atoms with Gasteiger partial charge in [0.15, 0.2) is 13.1 Å². The summed E-state index contributed by atoms with van der Waals surface area (Å²) in [6.07, 6.45) is 0.765. The van der Waals surface area contributed by atoms with E-state index in [-0.39, 0.29) is 11.8 Å². The van der Waals surface area contributed by atoms with Crippen LogP contribution in [0.15, 0.2) is 0 Å². The molecule has 0 fully saturated rings. The van der Waals surface area contributed by atoms with E-state index in [0.29, 0.717) is 26.2 Å². The summed E-state index contributed by atoms with van der Waals surface area (Å²) >= 11 is 0. The molecule has 2 N–H and O–H groups in total. The highest BCUT2D eigenvalue weighted by atomic mass is 16.2. The summed E-state index contributed by atoms with van der Waals surface area (Å²) in [5, 5.41) is 5.88. The molecular weight excluding hydrogens is 292 g/mol. The smallest absolute Gasteiger partial charge is 0.275 e. The van der Waals surface area contributed by atoms with Crippen molar-refractivity contribution in [1.29, 1.82) is 0 Å². The van der Waals surface area contributed by atoms with Gasteiger partial charge in [-0.05, 0) is 34.1 Å². The summed E-state index contributed by atoms with van der Waals surface area (Å²) in [4.78, 5) is 23.8. The lowest BCUT2D eigenvalue weighted by Gasteiger charge is -2.31. The van der Waals surface area contributed by atoms with Crippen LogP contribution in [0.25, 0.3) is 0 Å². The van der Waals surface area contributed by atoms with E-state index in [1.807, 2.05) is 0 Å². The number of likely N-dealkylation sites (N-methyl/N-ethyl adjacent to an activating group) is 2. The van der Waals surface area contributed by atoms with Crippen LogP contribution in [0, 0.1) is 0 Å². The number of carbonyl (C=O) groups excluding carboxylic acids is 2. The Balaban J connectivity index is 3.89. The minimum Gasteiger partial charge on any atom is -0.351 e. The molecule has 23 heavy (non-hydrogen) atoms. The number of carbonyl (C=O) groups is 2. The highest BCUT2D eigenvalue weighted by Gasteiger charge is 2.21. The van der Waals surface area contributed by atoms with Crippen molar-refractivity contribution in [1.82, 2.24) is 10.6 Å². The third-order valence-electron chi connectivity index (χ3n) is 5.10. The lowest BCUT2D eigenvalue weighted by molar-refractivity contribution is -0.898. The Morgan fingerprint density at radius 3 is 1.26 bits per heavy atom. The van der Waals surface area contributed by atoms with Crippen molar-refractivity contribution in [3.8, 4) is 0 Å². The molecule has 0 rings (SSSR count). The van der Waals surface area contributed by atoms with Gasteiger partial charge in [0, 0.05) is 13.1 Å². The van der Waals surface area contributed by atoms with Crippen molar-refractivity contribution in [2.24, 2.45) is 0 Å². The third kappa shape index (κ3) is 8.91. The van der Waals surface area contributed by atoms with Crippen LogP contribution >= 0.6 is 0 Å². The quantitative estimate of drug-likeness (QED) is 0.406. The molecular formula is C17H38N4O2+2. The molecule has 0 aliphatic rings. The molecule has 0 saturated heterocycles. The van der Waals surface area contributed by atoms with Gasteiger partial charge in [-0.3, -0.25) is 9.59 Å². The standard InChI is InChI=1S/C17H36N4O2/c1-7-20(5,8-2)14-16(22)18-12-11-13-19-17(23)15-21(6,9-3)10-4/h7-15H2,1-6H3/p+2. The Bertz CT molecular complexity index is 330. The van der Waals surface area contributed by atoms with Crippen molar-refractivity contribution < 1.29 is 18.6 Å². The Hall–Kier alpha value is -1.14. The number of rotatable bonds is 12. The van der Waals surface area contributed by atoms with Crippen molar-refractivity contribution in [3.05, 3.63) is 0 Å². The van der Waals surface area contributed by atoms with Gasteiger partial charge in [-0.1, -0.05) is 0 Å². The van der Waals surface area contributed by atoms with E-state index in [1.165, 1.54) is 0 Å². The zero-order chi connectivity index (χ0) is 17.9. The number of nitrogens with one attached hydrogen (secondary N) is 2. The Labute approximate surface area is 142 Å². The van der Waals surface area contributed by atoms with Crippen LogP contribution < -0.4 is 10.6 Å². The van der Waals surface area contributed by atoms with Gasteiger partial charge in [-0.15, -0.1) is 0 Å². The van der Waals surface area contributed by atoms with E-state index in [4.69, 9.17) is 0 Å². The first-order chi connectivity index (χ1) is 10.7. The largest absolute Gasteiger partial charge is 0.351 e. The SMILES string of the molecule is CC[N+](C)(CC)CC(=O)NCCCNC(=O)C[N+](C)(CC)CC. The van der Waals surface area contributed by atoms with Gasteiger partial charge in [0.1, 0.15) is 0 Å². The van der Waals surface area contributed by atoms with Gasteiger partial charge < -0.3 is 19.6 Å². The maximum Gasteiger partial charge on any atom is 0.275 e. The van der Waals surface area contributed by atoms with E-state index < -0.39 is 0 Å². The number of amides is 2. The molecule has 0 aliphatic carbocycles. The van der Waals surface area contributed by atoms with Crippen LogP contribution in [0.3, 0.4) is 0 Å². The van der Waals surface area contributed by atoms with E-state index in [9.17, 15) is 9.59 Å². The molecule has 2 amide bonds. The van der Waals surface area contributed by atoms with E-state index in [0.717, 1.165) is 41.6 Å². The van der Waals surface area contributed by atoms with Gasteiger partial charge in [-0.2, -0.15) is 0 Å². The number of quaternary nitrogens is 2. The first-order valence-corrected chi connectivity index (χ1v) is 8.94. The topological polar surface area (TPSA) is 58.2 Å². The summed E-state index contributed by atoms with van der Waals surface area (Å²) in [6.45, 7) is 14.5. The number of hydrogen-bond acceptors (Lipinski definition) is 2. The zero-order valence-electron chi connectivity index (χ0n) is 16.1. The molecule has 0 heterocycles. The van der Waals surface area contributed by atoms with Crippen molar-refractivity contribution in [3.63, 3.8) is 0 Å². The fourth-order valence-electron chi connectivity index (χ4n) is 2.24. The average molecular weight is 331 g/mol. The van der Waals surface area contributed by atoms with Crippen LogP contribution in [0.2, 0.25) is 0 Å². The monoisotopic (exact) mass is 330 g/mol. The van der Waals surface area contributed by atoms with Crippen LogP contribution in [-0.2, 0) is 9.59 Å². The molecule has 0 atom stereocenters. The first-order valence-electron chi connectivity index (χ1n) is 8.94. The molecule has 0 bridgehead atoms. The van der Waals surface area contributed by atoms with Crippen molar-refractivity contribution in [2.45, 2.75) is 34.1 Å². The Morgan fingerprint density at radius 2 is 1.00 bits per heavy atom. The Kier molecular flexibility index (Phi) is 10.1. The summed E-state index contributed by atoms with van der Waals surface area (Å²) in [7, 11) is 4.19. The molecule has 6 nitrogen and oxygen atoms in total. The van der Waals surface area contributed by atoms with Gasteiger partial charge in [0.2, 0.25) is 0 Å². The third-order valence-corrected chi connectivity index (χ3v) is 5.10. The second-order valence-electron chi connectivity index (χ2n) is 6.87.